The van der Waals surface area contributed by atoms with Gasteiger partial charge in [0, 0.05) is 6.20 Å². The molecule has 0 saturated heterocycles. The van der Waals surface area contributed by atoms with Crippen molar-refractivity contribution in [2.75, 3.05) is 0 Å². The monoisotopic (exact) mass is 136 g/mol. The van der Waals surface area contributed by atoms with Gasteiger partial charge in [-0.3, -0.25) is 16.1 Å². The molecule has 1 aromatic heterocycles. The fraction of sp³-hybridized carbons (Fsp3) is 0.143. The molecule has 0 spiro atoms. The van der Waals surface area contributed by atoms with Crippen LogP contribution in [-0.2, 0) is 6.42 Å². The Hall–Kier alpha value is -1.38. The average Bonchev–Trinajstić information content (AvgIpc) is 1.88. The molecule has 52 valence electrons. The minimum absolute atomic E-state index is 0.402. The minimum Gasteiger partial charge on any atom is -0.291 e. The Morgan fingerprint density at radius 1 is 1.60 bits per heavy atom. The smallest absolute Gasteiger partial charge is 0.244 e. The average molecular weight is 136 g/mol. The van der Waals surface area contributed by atoms with Gasteiger partial charge in [-0.05, 0) is 12.1 Å². The number of nitrogens with two attached hydrogens (primary N) is 2. The Bertz CT molecular complexity index is 218. The van der Waals surface area contributed by atoms with Crippen molar-refractivity contribution in [3.63, 3.8) is 0 Å². The summed E-state index contributed by atoms with van der Waals surface area (Å²) in [5.74, 6) is 0.402. The number of hydrogen-bond donors (Lipinski definition) is 2. The molecule has 3 nitrogen and oxygen atoms in total. The van der Waals surface area contributed by atoms with E-state index < -0.39 is 0 Å². The lowest BCUT2D eigenvalue weighted by Crippen LogP contribution is -2.46. The predicted octanol–water partition coefficient (Wildman–Crippen LogP) is -1.26. The molecule has 0 atom stereocenters. The van der Waals surface area contributed by atoms with Gasteiger partial charge in [0.1, 0.15) is 0 Å². The van der Waals surface area contributed by atoms with Crippen molar-refractivity contribution in [2.24, 2.45) is 5.73 Å². The molecule has 1 heterocycles. The molecule has 3 heteroatoms. The SMILES string of the molecule is NC(=[NH2+])Cc1ccccn1. The molecule has 1 aromatic rings. The van der Waals surface area contributed by atoms with Gasteiger partial charge in [-0.15, -0.1) is 0 Å². The van der Waals surface area contributed by atoms with Crippen LogP contribution in [0.3, 0.4) is 0 Å². The second kappa shape index (κ2) is 2.96. The van der Waals surface area contributed by atoms with Crippen LogP contribution in [-0.4, -0.2) is 10.8 Å². The summed E-state index contributed by atoms with van der Waals surface area (Å²) in [6.07, 6.45) is 2.28. The molecule has 0 aliphatic heterocycles. The third-order valence-electron chi connectivity index (χ3n) is 1.11. The molecule has 0 aliphatic carbocycles. The first-order valence-electron chi connectivity index (χ1n) is 3.05. The summed E-state index contributed by atoms with van der Waals surface area (Å²) < 4.78 is 0. The normalized spacial score (nSPS) is 9.20. The van der Waals surface area contributed by atoms with E-state index in [1.165, 1.54) is 0 Å². The molecule has 0 bridgehead atoms. The lowest BCUT2D eigenvalue weighted by Gasteiger charge is -1.91. The Kier molecular flexibility index (Phi) is 1.99. The molecule has 1 rings (SSSR count). The molecule has 0 unspecified atom stereocenters. The fourth-order valence-electron chi connectivity index (χ4n) is 0.712. The van der Waals surface area contributed by atoms with E-state index in [-0.39, 0.29) is 0 Å². The Morgan fingerprint density at radius 2 is 2.40 bits per heavy atom. The number of hydrogen-bond acceptors (Lipinski definition) is 1. The van der Waals surface area contributed by atoms with Crippen LogP contribution < -0.4 is 11.1 Å². The molecule has 0 aromatic carbocycles. The van der Waals surface area contributed by atoms with Crippen LogP contribution in [0.1, 0.15) is 5.69 Å². The van der Waals surface area contributed by atoms with E-state index in [0.29, 0.717) is 12.3 Å². The summed E-state index contributed by atoms with van der Waals surface area (Å²) in [5.41, 5.74) is 6.18. The Morgan fingerprint density at radius 3 is 2.90 bits per heavy atom. The molecule has 0 aliphatic rings. The summed E-state index contributed by atoms with van der Waals surface area (Å²) >= 11 is 0. The summed E-state index contributed by atoms with van der Waals surface area (Å²) in [4.78, 5) is 4.04. The van der Waals surface area contributed by atoms with E-state index in [2.05, 4.69) is 4.98 Å². The van der Waals surface area contributed by atoms with Gasteiger partial charge < -0.3 is 0 Å². The molecule has 0 amide bonds. The van der Waals surface area contributed by atoms with Crippen molar-refractivity contribution in [1.82, 2.24) is 4.98 Å². The van der Waals surface area contributed by atoms with Gasteiger partial charge in [0.05, 0.1) is 12.1 Å². The Labute approximate surface area is 59.4 Å². The van der Waals surface area contributed by atoms with Crippen molar-refractivity contribution in [3.8, 4) is 0 Å². The first-order valence-corrected chi connectivity index (χ1v) is 3.05. The van der Waals surface area contributed by atoms with Crippen molar-refractivity contribution < 1.29 is 5.41 Å². The zero-order valence-electron chi connectivity index (χ0n) is 5.62. The minimum atomic E-state index is 0.402. The van der Waals surface area contributed by atoms with E-state index in [9.17, 15) is 0 Å². The molecule has 10 heavy (non-hydrogen) atoms. The van der Waals surface area contributed by atoms with Crippen molar-refractivity contribution in [2.45, 2.75) is 6.42 Å². The highest BCUT2D eigenvalue weighted by Gasteiger charge is 1.97. The maximum Gasteiger partial charge on any atom is 0.244 e. The lowest BCUT2D eigenvalue weighted by atomic mass is 10.2. The third-order valence-corrected chi connectivity index (χ3v) is 1.11. The van der Waals surface area contributed by atoms with E-state index in [1.54, 1.807) is 6.20 Å². The summed E-state index contributed by atoms with van der Waals surface area (Å²) in [5, 5.41) is 5.28. The standard InChI is InChI=1S/C7H9N3/c8-7(9)5-6-3-1-2-4-10-6/h1-4H,5H2,(H3,8,9)/p+1. The topological polar surface area (TPSA) is 64.5 Å². The number of nitrogens with zero attached hydrogens (tertiary/aromatic N) is 1. The molecule has 0 fully saturated rings. The van der Waals surface area contributed by atoms with Crippen LogP contribution in [0.4, 0.5) is 0 Å². The van der Waals surface area contributed by atoms with Crippen LogP contribution >= 0.6 is 0 Å². The lowest BCUT2D eigenvalue weighted by molar-refractivity contribution is -0.117. The van der Waals surface area contributed by atoms with Crippen LogP contribution in [0, 0.1) is 0 Å². The van der Waals surface area contributed by atoms with E-state index in [4.69, 9.17) is 11.1 Å². The van der Waals surface area contributed by atoms with E-state index >= 15 is 0 Å². The van der Waals surface area contributed by atoms with Crippen LogP contribution in [0.15, 0.2) is 24.4 Å². The van der Waals surface area contributed by atoms with Crippen LogP contribution in [0.5, 0.6) is 0 Å². The van der Waals surface area contributed by atoms with Gasteiger partial charge in [-0.25, -0.2) is 0 Å². The molecular formula is C7H10N3+. The largest absolute Gasteiger partial charge is 0.291 e. The summed E-state index contributed by atoms with van der Waals surface area (Å²) in [7, 11) is 0. The number of aromatic nitrogens is 1. The molecular weight excluding hydrogens is 126 g/mol. The van der Waals surface area contributed by atoms with Gasteiger partial charge in [0.15, 0.2) is 0 Å². The van der Waals surface area contributed by atoms with Crippen molar-refractivity contribution in [3.05, 3.63) is 30.1 Å². The summed E-state index contributed by atoms with van der Waals surface area (Å²) in [6.45, 7) is 0. The highest BCUT2D eigenvalue weighted by atomic mass is 14.7. The molecule has 0 saturated carbocycles. The second-order valence-electron chi connectivity index (χ2n) is 2.07. The fourth-order valence-corrected chi connectivity index (χ4v) is 0.712. The molecule has 4 N–H and O–H groups in total. The first-order chi connectivity index (χ1) is 4.79. The van der Waals surface area contributed by atoms with Crippen molar-refractivity contribution >= 4 is 5.84 Å². The Balaban J connectivity index is 2.67. The van der Waals surface area contributed by atoms with Gasteiger partial charge in [0.2, 0.25) is 5.84 Å². The van der Waals surface area contributed by atoms with Gasteiger partial charge in [-0.1, -0.05) is 6.07 Å². The van der Waals surface area contributed by atoms with Crippen LogP contribution in [0.2, 0.25) is 0 Å². The number of rotatable bonds is 2. The highest BCUT2D eigenvalue weighted by molar-refractivity contribution is 5.75. The zero-order valence-corrected chi connectivity index (χ0v) is 5.62. The zero-order chi connectivity index (χ0) is 7.40. The number of amidine groups is 1. The van der Waals surface area contributed by atoms with Crippen LogP contribution in [0.25, 0.3) is 0 Å². The van der Waals surface area contributed by atoms with Gasteiger partial charge in [-0.2, -0.15) is 0 Å². The van der Waals surface area contributed by atoms with Gasteiger partial charge >= 0.3 is 0 Å². The van der Waals surface area contributed by atoms with E-state index in [0.717, 1.165) is 5.69 Å². The van der Waals surface area contributed by atoms with Gasteiger partial charge in [0.25, 0.3) is 0 Å². The van der Waals surface area contributed by atoms with Crippen molar-refractivity contribution in [1.29, 1.82) is 0 Å². The van der Waals surface area contributed by atoms with E-state index in [1.807, 2.05) is 18.2 Å². The highest BCUT2D eigenvalue weighted by Crippen LogP contribution is 1.91. The maximum absolute atomic E-state index is 5.28. The number of pyridine rings is 1. The molecule has 0 radical (unpaired) electrons. The third kappa shape index (κ3) is 1.85. The first kappa shape index (κ1) is 6.74. The summed E-state index contributed by atoms with van der Waals surface area (Å²) in [6, 6.07) is 5.65. The quantitative estimate of drug-likeness (QED) is 0.394. The second-order valence-corrected chi connectivity index (χ2v) is 2.07. The maximum atomic E-state index is 5.28. The predicted molar refractivity (Wildman–Crippen MR) is 39.1 cm³/mol.